The van der Waals surface area contributed by atoms with Crippen LogP contribution in [0.5, 0.6) is 0 Å². The number of hydrogen-bond donors (Lipinski definition) is 0. The fourth-order valence-corrected chi connectivity index (χ4v) is 10.9. The van der Waals surface area contributed by atoms with E-state index < -0.39 is 0 Å². The van der Waals surface area contributed by atoms with Crippen LogP contribution in [0.15, 0.2) is 60.7 Å². The van der Waals surface area contributed by atoms with Crippen molar-refractivity contribution in [1.29, 1.82) is 0 Å². The van der Waals surface area contributed by atoms with Crippen LogP contribution >= 0.6 is 0 Å². The quantitative estimate of drug-likeness (QED) is 0.168. The van der Waals surface area contributed by atoms with E-state index in [0.29, 0.717) is 11.8 Å². The van der Waals surface area contributed by atoms with E-state index in [-0.39, 0.29) is 21.7 Å². The molecule has 0 aromatic heterocycles. The molecule has 0 saturated carbocycles. The van der Waals surface area contributed by atoms with Gasteiger partial charge in [-0.05, 0) is 177 Å². The Labute approximate surface area is 323 Å². The van der Waals surface area contributed by atoms with Gasteiger partial charge in [-0.25, -0.2) is 0 Å². The van der Waals surface area contributed by atoms with Gasteiger partial charge in [0.05, 0.1) is 0 Å². The lowest BCUT2D eigenvalue weighted by atomic mass is 9.77. The van der Waals surface area contributed by atoms with Gasteiger partial charge in [0.1, 0.15) is 0 Å². The van der Waals surface area contributed by atoms with Crippen LogP contribution in [0.25, 0.3) is 86.2 Å². The lowest BCUT2D eigenvalue weighted by Crippen LogP contribution is -2.14. The Hall–Kier alpha value is -4.16. The molecule has 0 aliphatic heterocycles. The van der Waals surface area contributed by atoms with E-state index in [1.807, 2.05) is 0 Å². The third kappa shape index (κ3) is 4.55. The van der Waals surface area contributed by atoms with Crippen molar-refractivity contribution in [2.24, 2.45) is 0 Å². The first kappa shape index (κ1) is 35.5. The molecule has 0 spiro atoms. The fourth-order valence-electron chi connectivity index (χ4n) is 10.9. The third-order valence-electron chi connectivity index (χ3n) is 13.1. The predicted octanol–water partition coefficient (Wildman–Crippen LogP) is 16.7. The van der Waals surface area contributed by atoms with E-state index in [2.05, 4.69) is 171 Å². The SMILES string of the molecule is CC(C)c1c2c3cc(C(C)(C)C)c4cccc5c(C(C)(C)C)cc(c2c(C(C)C)c2c6cc(C(C)(C)C)c7cccc8c(C(C)(C)C)cc(c12)c6c87)c3c45. The van der Waals surface area contributed by atoms with Crippen LogP contribution in [0.3, 0.4) is 0 Å². The van der Waals surface area contributed by atoms with Crippen molar-refractivity contribution >= 4 is 86.2 Å². The normalized spacial score (nSPS) is 14.3. The minimum absolute atomic E-state index is 0.00734. The smallest absolute Gasteiger partial charge is 0.00137 e. The molecular formula is C54H60. The summed E-state index contributed by atoms with van der Waals surface area (Å²) in [6.45, 7) is 38.7. The first-order valence-electron chi connectivity index (χ1n) is 20.7. The standard InChI is InChI=1S/C54H60/c1-27(2)41-47-33-23-37(51(5,6)7)29-19-17-21-31-39(53(11,12)13)25-35(45(33)43(29)31)49(47)42(28(3)4)50-36-26-40(54(14,15)16)32-22-18-20-30-38(52(8,9)10)24-34(48(41)50)46(36)44(30)32/h17-28H,1-16H3. The van der Waals surface area contributed by atoms with Crippen LogP contribution in [0, 0.1) is 0 Å². The van der Waals surface area contributed by atoms with Crippen LogP contribution in [0.4, 0.5) is 0 Å². The van der Waals surface area contributed by atoms with Crippen molar-refractivity contribution in [3.05, 3.63) is 94.0 Å². The highest BCUT2D eigenvalue weighted by Gasteiger charge is 2.34. The summed E-state index contributed by atoms with van der Waals surface area (Å²) in [6, 6.07) is 24.7. The van der Waals surface area contributed by atoms with Crippen LogP contribution in [-0.4, -0.2) is 0 Å². The minimum atomic E-state index is -0.00734. The van der Waals surface area contributed by atoms with E-state index in [1.54, 1.807) is 0 Å². The number of benzene rings is 7. The van der Waals surface area contributed by atoms with Crippen molar-refractivity contribution in [1.82, 2.24) is 0 Å². The molecule has 0 aliphatic rings. The average molecular weight is 709 g/mol. The number of fused-ring (bicyclic) bond motifs is 6. The summed E-state index contributed by atoms with van der Waals surface area (Å²) in [4.78, 5) is 0. The van der Waals surface area contributed by atoms with Crippen LogP contribution in [0.1, 0.15) is 156 Å². The molecule has 0 atom stereocenters. The summed E-state index contributed by atoms with van der Waals surface area (Å²) in [5.74, 6) is 0.666. The maximum absolute atomic E-state index is 2.63. The Kier molecular flexibility index (Phi) is 7.09. The van der Waals surface area contributed by atoms with Gasteiger partial charge >= 0.3 is 0 Å². The molecular weight excluding hydrogens is 649 g/mol. The zero-order chi connectivity index (χ0) is 38.9. The van der Waals surface area contributed by atoms with Crippen molar-refractivity contribution in [3.8, 4) is 0 Å². The lowest BCUT2D eigenvalue weighted by Gasteiger charge is -2.26. The summed E-state index contributed by atoms with van der Waals surface area (Å²) in [5, 5.41) is 23.4. The minimum Gasteiger partial charge on any atom is -0.0610 e. The van der Waals surface area contributed by atoms with Gasteiger partial charge in [-0.15, -0.1) is 0 Å². The van der Waals surface area contributed by atoms with Gasteiger partial charge in [0.15, 0.2) is 0 Å². The lowest BCUT2D eigenvalue weighted by molar-refractivity contribution is 0.595. The summed E-state index contributed by atoms with van der Waals surface area (Å²) < 4.78 is 0. The molecule has 9 aromatic rings. The van der Waals surface area contributed by atoms with Gasteiger partial charge in [0, 0.05) is 0 Å². The molecule has 0 heteroatoms. The molecule has 0 unspecified atom stereocenters. The van der Waals surface area contributed by atoms with Gasteiger partial charge < -0.3 is 0 Å². The highest BCUT2D eigenvalue weighted by Crippen LogP contribution is 2.57. The van der Waals surface area contributed by atoms with Crippen molar-refractivity contribution in [2.75, 3.05) is 0 Å². The Morgan fingerprint density at radius 1 is 0.296 bits per heavy atom. The van der Waals surface area contributed by atoms with Crippen molar-refractivity contribution in [3.63, 3.8) is 0 Å². The van der Waals surface area contributed by atoms with Gasteiger partial charge in [-0.2, -0.15) is 0 Å². The first-order chi connectivity index (χ1) is 25.0. The molecule has 0 radical (unpaired) electrons. The summed E-state index contributed by atoms with van der Waals surface area (Å²) in [7, 11) is 0. The average Bonchev–Trinajstić information content (AvgIpc) is 3.56. The van der Waals surface area contributed by atoms with Crippen molar-refractivity contribution < 1.29 is 0 Å². The zero-order valence-corrected chi connectivity index (χ0v) is 35.9. The second kappa shape index (κ2) is 10.8. The predicted molar refractivity (Wildman–Crippen MR) is 243 cm³/mol. The maximum atomic E-state index is 2.63. The third-order valence-corrected chi connectivity index (χ3v) is 13.1. The van der Waals surface area contributed by atoms with Gasteiger partial charge in [0.25, 0.3) is 0 Å². The van der Waals surface area contributed by atoms with E-state index >= 15 is 0 Å². The number of hydrogen-bond acceptors (Lipinski definition) is 0. The highest BCUT2D eigenvalue weighted by atomic mass is 14.4. The molecule has 0 saturated heterocycles. The Bertz CT molecular complexity index is 2600. The molecule has 276 valence electrons. The second-order valence-electron chi connectivity index (χ2n) is 21.7. The molecule has 0 aliphatic carbocycles. The van der Waals surface area contributed by atoms with Crippen LogP contribution in [0.2, 0.25) is 0 Å². The Morgan fingerprint density at radius 3 is 0.685 bits per heavy atom. The molecule has 0 N–H and O–H groups in total. The summed E-state index contributed by atoms with van der Waals surface area (Å²) >= 11 is 0. The number of rotatable bonds is 2. The fraction of sp³-hybridized carbons (Fsp3) is 0.407. The molecule has 0 bridgehead atoms. The zero-order valence-electron chi connectivity index (χ0n) is 35.9. The molecule has 9 rings (SSSR count). The summed E-state index contributed by atoms with van der Waals surface area (Å²) in [5.41, 5.74) is 8.85. The molecule has 9 aromatic carbocycles. The largest absolute Gasteiger partial charge is 0.0610 e. The Balaban J connectivity index is 1.71. The topological polar surface area (TPSA) is 0 Å². The molecule has 0 fully saturated rings. The maximum Gasteiger partial charge on any atom is -0.00137 e. The van der Waals surface area contributed by atoms with E-state index in [9.17, 15) is 0 Å². The monoisotopic (exact) mass is 708 g/mol. The molecule has 54 heavy (non-hydrogen) atoms. The highest BCUT2D eigenvalue weighted by molar-refractivity contribution is 6.44. The van der Waals surface area contributed by atoms with Gasteiger partial charge in [-0.1, -0.05) is 147 Å². The van der Waals surface area contributed by atoms with Crippen LogP contribution < -0.4 is 0 Å². The summed E-state index contributed by atoms with van der Waals surface area (Å²) in [6.07, 6.45) is 0. The van der Waals surface area contributed by atoms with Crippen LogP contribution in [-0.2, 0) is 21.7 Å². The van der Waals surface area contributed by atoms with E-state index in [4.69, 9.17) is 0 Å². The van der Waals surface area contributed by atoms with E-state index in [1.165, 1.54) is 120 Å². The Morgan fingerprint density at radius 2 is 0.500 bits per heavy atom. The molecule has 0 amide bonds. The van der Waals surface area contributed by atoms with Gasteiger partial charge in [0.2, 0.25) is 0 Å². The second-order valence-corrected chi connectivity index (χ2v) is 21.7. The van der Waals surface area contributed by atoms with Gasteiger partial charge in [-0.3, -0.25) is 0 Å². The first-order valence-corrected chi connectivity index (χ1v) is 20.7. The van der Waals surface area contributed by atoms with Crippen molar-refractivity contribution in [2.45, 2.75) is 144 Å². The molecule has 0 nitrogen and oxygen atoms in total. The molecule has 0 heterocycles. The van der Waals surface area contributed by atoms with E-state index in [0.717, 1.165) is 0 Å².